The summed E-state index contributed by atoms with van der Waals surface area (Å²) in [4.78, 5) is 0. The Labute approximate surface area is 311 Å². The van der Waals surface area contributed by atoms with Crippen LogP contribution in [0.25, 0.3) is 44.5 Å². The van der Waals surface area contributed by atoms with Gasteiger partial charge in [0.05, 0.1) is 33.6 Å². The van der Waals surface area contributed by atoms with Gasteiger partial charge in [0.15, 0.2) is 0 Å². The molecular weight excluding hydrogens is 683 g/mol. The van der Waals surface area contributed by atoms with Crippen LogP contribution in [-0.4, -0.2) is 0 Å². The summed E-state index contributed by atoms with van der Waals surface area (Å²) in [6, 6.07) is 39.8. The maximum Gasteiger partial charge on any atom is 0.102 e. The Morgan fingerprint density at radius 3 is 1.10 bits per heavy atom. The molecule has 248 valence electrons. The molecule has 0 fully saturated rings. The third kappa shape index (κ3) is 5.68. The summed E-state index contributed by atoms with van der Waals surface area (Å²) in [6.07, 6.45) is 3.24. The van der Waals surface area contributed by atoms with Crippen LogP contribution in [0.1, 0.15) is 44.5 Å². The second-order valence-corrected chi connectivity index (χ2v) is 13.4. The van der Waals surface area contributed by atoms with Crippen LogP contribution < -0.4 is 11.5 Å². The van der Waals surface area contributed by atoms with Crippen molar-refractivity contribution >= 4 is 34.6 Å². The third-order valence-corrected chi connectivity index (χ3v) is 10.4. The monoisotopic (exact) mass is 710 g/mol. The fraction of sp³-hybridized carbons (Fsp3) is 0.0909. The maximum atomic E-state index is 9.77. The summed E-state index contributed by atoms with van der Waals surface area (Å²) in [7, 11) is 0. The number of nitriles is 4. The lowest BCUT2D eigenvalue weighted by Crippen LogP contribution is -2.11. The third-order valence-electron chi connectivity index (χ3n) is 9.86. The first-order valence-electron chi connectivity index (χ1n) is 16.6. The number of halogens is 2. The van der Waals surface area contributed by atoms with Gasteiger partial charge in [0.25, 0.3) is 0 Å². The van der Waals surface area contributed by atoms with Gasteiger partial charge in [0, 0.05) is 32.3 Å². The minimum absolute atomic E-state index is 0.246. The van der Waals surface area contributed by atoms with Gasteiger partial charge in [-0.25, -0.2) is 0 Å². The molecule has 0 bridgehead atoms. The van der Waals surface area contributed by atoms with E-state index in [1.165, 1.54) is 11.1 Å². The van der Waals surface area contributed by atoms with Gasteiger partial charge in [-0.05, 0) is 94.5 Å². The Kier molecular flexibility index (Phi) is 9.13. The van der Waals surface area contributed by atoms with E-state index in [-0.39, 0.29) is 11.4 Å². The molecule has 2 aliphatic rings. The minimum atomic E-state index is 0.246. The number of hydrogen-bond acceptors (Lipinski definition) is 6. The van der Waals surface area contributed by atoms with Crippen LogP contribution in [0.2, 0.25) is 10.0 Å². The molecule has 52 heavy (non-hydrogen) atoms. The number of hydrogen-bond donors (Lipinski definition) is 2. The highest BCUT2D eigenvalue weighted by atomic mass is 35.5. The van der Waals surface area contributed by atoms with Gasteiger partial charge in [-0.3, -0.25) is 0 Å². The molecule has 4 N–H and O–H groups in total. The molecular formula is C44H28Cl2N6. The molecule has 0 amide bonds. The molecule has 8 rings (SSSR count). The average molecular weight is 712 g/mol. The number of anilines is 2. The summed E-state index contributed by atoms with van der Waals surface area (Å²) < 4.78 is 0. The van der Waals surface area contributed by atoms with E-state index < -0.39 is 0 Å². The number of fused-ring (bicyclic) bond motifs is 6. The highest BCUT2D eigenvalue weighted by Gasteiger charge is 2.29. The molecule has 2 aliphatic carbocycles. The van der Waals surface area contributed by atoms with Crippen LogP contribution in [-0.2, 0) is 25.7 Å². The predicted molar refractivity (Wildman–Crippen MR) is 207 cm³/mol. The van der Waals surface area contributed by atoms with Crippen LogP contribution >= 0.6 is 23.2 Å². The van der Waals surface area contributed by atoms with Crippen molar-refractivity contribution in [3.63, 3.8) is 0 Å². The molecule has 6 aromatic carbocycles. The fourth-order valence-corrected chi connectivity index (χ4v) is 7.81. The number of benzene rings is 6. The normalized spacial score (nSPS) is 11.8. The van der Waals surface area contributed by atoms with Crippen molar-refractivity contribution in [1.29, 1.82) is 21.0 Å². The maximum absolute atomic E-state index is 9.77. The van der Waals surface area contributed by atoms with Crippen molar-refractivity contribution in [2.45, 2.75) is 25.7 Å². The Morgan fingerprint density at radius 1 is 0.423 bits per heavy atom. The zero-order valence-electron chi connectivity index (χ0n) is 27.8. The molecule has 0 atom stereocenters. The van der Waals surface area contributed by atoms with Crippen molar-refractivity contribution in [2.75, 3.05) is 11.5 Å². The summed E-state index contributed by atoms with van der Waals surface area (Å²) in [5.74, 6) is 0. The zero-order valence-corrected chi connectivity index (χ0v) is 29.3. The van der Waals surface area contributed by atoms with Crippen molar-refractivity contribution in [3.8, 4) is 68.8 Å². The molecule has 6 aromatic rings. The predicted octanol–water partition coefficient (Wildman–Crippen LogP) is 10.2. The van der Waals surface area contributed by atoms with E-state index in [0.29, 0.717) is 32.3 Å². The standard InChI is InChI=1S/2C22H14ClN3/c2*23-15-8-5-14(6-9-15)20-17-10-7-13-3-1-2-4-16(13)21(17)19(12-25)22(26)18(20)11-24/h2*1-6,8-9H,7,10,26H2. The van der Waals surface area contributed by atoms with E-state index in [4.69, 9.17) is 34.7 Å². The van der Waals surface area contributed by atoms with Crippen LogP contribution in [0.15, 0.2) is 97.1 Å². The quantitative estimate of drug-likeness (QED) is 0.171. The molecule has 0 saturated carbocycles. The van der Waals surface area contributed by atoms with Gasteiger partial charge < -0.3 is 11.5 Å². The minimum Gasteiger partial charge on any atom is -0.397 e. The Hall–Kier alpha value is -6.54. The van der Waals surface area contributed by atoms with E-state index in [0.717, 1.165) is 81.3 Å². The lowest BCUT2D eigenvalue weighted by atomic mass is 9.77. The van der Waals surface area contributed by atoms with Crippen LogP contribution in [0.3, 0.4) is 0 Å². The van der Waals surface area contributed by atoms with Crippen molar-refractivity contribution in [1.82, 2.24) is 0 Å². The average Bonchev–Trinajstić information content (AvgIpc) is 3.18. The molecule has 0 radical (unpaired) electrons. The van der Waals surface area contributed by atoms with Gasteiger partial charge >= 0.3 is 0 Å². The van der Waals surface area contributed by atoms with Crippen LogP contribution in [0.4, 0.5) is 11.4 Å². The molecule has 0 heterocycles. The van der Waals surface area contributed by atoms with Crippen LogP contribution in [0, 0.1) is 45.3 Å². The molecule has 0 aromatic heterocycles. The summed E-state index contributed by atoms with van der Waals surface area (Å²) >= 11 is 12.1. The van der Waals surface area contributed by atoms with Gasteiger partial charge in [-0.1, -0.05) is 96.0 Å². The Morgan fingerprint density at radius 2 is 0.750 bits per heavy atom. The van der Waals surface area contributed by atoms with E-state index in [2.05, 4.69) is 36.4 Å². The molecule has 0 saturated heterocycles. The van der Waals surface area contributed by atoms with Crippen molar-refractivity contribution in [2.24, 2.45) is 0 Å². The molecule has 8 heteroatoms. The number of nitrogens with zero attached hydrogens (tertiary/aromatic N) is 4. The van der Waals surface area contributed by atoms with Gasteiger partial charge in [-0.15, -0.1) is 0 Å². The topological polar surface area (TPSA) is 147 Å². The number of aryl methyl sites for hydroxylation is 2. The fourth-order valence-electron chi connectivity index (χ4n) is 7.56. The van der Waals surface area contributed by atoms with Crippen LogP contribution in [0.5, 0.6) is 0 Å². The second kappa shape index (κ2) is 14.0. The summed E-state index contributed by atoms with van der Waals surface area (Å²) in [5.41, 5.74) is 26.1. The number of nitrogen functional groups attached to an aromatic ring is 2. The van der Waals surface area contributed by atoms with Gasteiger partial charge in [-0.2, -0.15) is 21.0 Å². The summed E-state index contributed by atoms with van der Waals surface area (Å²) in [5, 5.41) is 40.3. The first-order chi connectivity index (χ1) is 25.3. The lowest BCUT2D eigenvalue weighted by molar-refractivity contribution is 0.942. The van der Waals surface area contributed by atoms with Crippen molar-refractivity contribution in [3.05, 3.63) is 152 Å². The molecule has 6 nitrogen and oxygen atoms in total. The van der Waals surface area contributed by atoms with Gasteiger partial charge in [0.2, 0.25) is 0 Å². The number of rotatable bonds is 2. The summed E-state index contributed by atoms with van der Waals surface area (Å²) in [6.45, 7) is 0. The second-order valence-electron chi connectivity index (χ2n) is 12.6. The van der Waals surface area contributed by atoms with Crippen molar-refractivity contribution < 1.29 is 0 Å². The SMILES string of the molecule is N#Cc1c(N)c(C#N)c2c(c1-c1ccc(Cl)cc1)CCc1ccccc1-2.N#Cc1c(N)c(C#N)c2c(c1-c1ccc(Cl)cc1)CCc1ccccc1-2. The largest absolute Gasteiger partial charge is 0.397 e. The molecule has 0 aliphatic heterocycles. The highest BCUT2D eigenvalue weighted by Crippen LogP contribution is 2.47. The van der Waals surface area contributed by atoms with E-state index in [9.17, 15) is 21.0 Å². The number of nitrogens with two attached hydrogens (primary N) is 2. The Balaban J connectivity index is 0.000000162. The smallest absolute Gasteiger partial charge is 0.102 e. The first-order valence-corrected chi connectivity index (χ1v) is 17.3. The molecule has 0 spiro atoms. The zero-order chi connectivity index (χ0) is 36.5. The van der Waals surface area contributed by atoms with Gasteiger partial charge in [0.1, 0.15) is 24.3 Å². The van der Waals surface area contributed by atoms with E-state index >= 15 is 0 Å². The van der Waals surface area contributed by atoms with E-state index in [1.807, 2.05) is 60.7 Å². The molecule has 0 unspecified atom stereocenters. The highest BCUT2D eigenvalue weighted by molar-refractivity contribution is 6.31. The lowest BCUT2D eigenvalue weighted by Gasteiger charge is -2.26. The Bertz CT molecular complexity index is 2410. The van der Waals surface area contributed by atoms with E-state index in [1.54, 1.807) is 24.3 Å². The first kappa shape index (κ1) is 33.9.